The Hall–Kier alpha value is -0.920. The maximum atomic E-state index is 11.2. The molecule has 1 aromatic heterocycles. The van der Waals surface area contributed by atoms with Crippen molar-refractivity contribution in [3.05, 3.63) is 17.5 Å². The van der Waals surface area contributed by atoms with E-state index in [9.17, 15) is 8.42 Å². The Balaban J connectivity index is 1.48. The minimum Gasteiger partial charge on any atom is -0.361 e. The van der Waals surface area contributed by atoms with Crippen molar-refractivity contribution in [2.45, 2.75) is 44.2 Å². The zero-order valence-corrected chi connectivity index (χ0v) is 12.5. The van der Waals surface area contributed by atoms with Gasteiger partial charge in [-0.3, -0.25) is 4.90 Å². The number of likely N-dealkylation sites (tertiary alicyclic amines) is 1. The van der Waals surface area contributed by atoms with Crippen molar-refractivity contribution in [3.63, 3.8) is 0 Å². The van der Waals surface area contributed by atoms with Crippen molar-refractivity contribution in [2.24, 2.45) is 0 Å². The molecule has 1 aliphatic carbocycles. The lowest BCUT2D eigenvalue weighted by Crippen LogP contribution is -2.43. The van der Waals surface area contributed by atoms with Crippen LogP contribution in [0.3, 0.4) is 0 Å². The summed E-state index contributed by atoms with van der Waals surface area (Å²) in [5.41, 5.74) is 0.987. The van der Waals surface area contributed by atoms with Crippen molar-refractivity contribution >= 4 is 10.0 Å². The van der Waals surface area contributed by atoms with Crippen LogP contribution in [-0.4, -0.2) is 43.9 Å². The summed E-state index contributed by atoms with van der Waals surface area (Å²) in [6, 6.07) is 2.14. The van der Waals surface area contributed by atoms with E-state index in [4.69, 9.17) is 4.52 Å². The molecule has 0 spiro atoms. The molecule has 1 aromatic rings. The Morgan fingerprint density at radius 2 is 2.05 bits per heavy atom. The maximum Gasteiger partial charge on any atom is 0.208 e. The van der Waals surface area contributed by atoms with Gasteiger partial charge in [0.15, 0.2) is 0 Å². The zero-order chi connectivity index (χ0) is 14.2. The van der Waals surface area contributed by atoms with Gasteiger partial charge < -0.3 is 4.52 Å². The van der Waals surface area contributed by atoms with Gasteiger partial charge in [0, 0.05) is 37.7 Å². The Morgan fingerprint density at radius 1 is 1.35 bits per heavy atom. The predicted molar refractivity (Wildman–Crippen MR) is 74.8 cm³/mol. The summed E-state index contributed by atoms with van der Waals surface area (Å²) < 4.78 is 30.4. The van der Waals surface area contributed by atoms with Gasteiger partial charge in [0.2, 0.25) is 10.0 Å². The van der Waals surface area contributed by atoms with Crippen LogP contribution in [0.15, 0.2) is 10.6 Å². The molecule has 0 bridgehead atoms. The molecule has 20 heavy (non-hydrogen) atoms. The summed E-state index contributed by atoms with van der Waals surface area (Å²) in [5.74, 6) is 1.62. The average molecular weight is 299 g/mol. The molecule has 0 unspecified atom stereocenters. The van der Waals surface area contributed by atoms with E-state index in [-0.39, 0.29) is 6.04 Å². The Morgan fingerprint density at radius 3 is 2.65 bits per heavy atom. The first-order valence-electron chi connectivity index (χ1n) is 7.15. The number of piperidine rings is 1. The molecule has 0 radical (unpaired) electrons. The second-order valence-electron chi connectivity index (χ2n) is 5.94. The molecule has 7 heteroatoms. The fraction of sp³-hybridized carbons (Fsp3) is 0.769. The highest BCUT2D eigenvalue weighted by atomic mass is 32.2. The largest absolute Gasteiger partial charge is 0.361 e. The topological polar surface area (TPSA) is 75.4 Å². The van der Waals surface area contributed by atoms with Crippen molar-refractivity contribution in [3.8, 4) is 0 Å². The minimum absolute atomic E-state index is 0.0700. The lowest BCUT2D eigenvalue weighted by atomic mass is 10.1. The molecule has 1 saturated heterocycles. The number of hydrogen-bond donors (Lipinski definition) is 1. The van der Waals surface area contributed by atoms with Gasteiger partial charge in [-0.15, -0.1) is 0 Å². The third-order valence-electron chi connectivity index (χ3n) is 3.91. The van der Waals surface area contributed by atoms with Gasteiger partial charge >= 0.3 is 0 Å². The van der Waals surface area contributed by atoms with E-state index in [1.165, 1.54) is 19.1 Å². The van der Waals surface area contributed by atoms with Crippen LogP contribution in [0.4, 0.5) is 0 Å². The quantitative estimate of drug-likeness (QED) is 0.880. The standard InChI is InChI=1S/C13H21N3O3S/c1-20(17,18)15-11-4-6-16(7-5-11)9-12-8-13(19-14-12)10-2-3-10/h8,10-11,15H,2-7,9H2,1H3. The summed E-state index contributed by atoms with van der Waals surface area (Å²) in [6.07, 6.45) is 5.35. The van der Waals surface area contributed by atoms with E-state index in [0.29, 0.717) is 5.92 Å². The molecule has 1 saturated carbocycles. The number of nitrogens with zero attached hydrogens (tertiary/aromatic N) is 2. The fourth-order valence-corrected chi connectivity index (χ4v) is 3.54. The van der Waals surface area contributed by atoms with Crippen LogP contribution in [0.25, 0.3) is 0 Å². The summed E-state index contributed by atoms with van der Waals surface area (Å²) >= 11 is 0. The number of aromatic nitrogens is 1. The van der Waals surface area contributed by atoms with Gasteiger partial charge in [0.05, 0.1) is 11.9 Å². The van der Waals surface area contributed by atoms with Crippen molar-refractivity contribution < 1.29 is 12.9 Å². The predicted octanol–water partition coefficient (Wildman–Crippen LogP) is 1.07. The highest BCUT2D eigenvalue weighted by Crippen LogP contribution is 2.40. The molecule has 1 aliphatic heterocycles. The zero-order valence-electron chi connectivity index (χ0n) is 11.7. The monoisotopic (exact) mass is 299 g/mol. The molecule has 0 atom stereocenters. The lowest BCUT2D eigenvalue weighted by Gasteiger charge is -2.31. The Labute approximate surface area is 119 Å². The summed E-state index contributed by atoms with van der Waals surface area (Å²) in [5, 5.41) is 4.12. The van der Waals surface area contributed by atoms with Crippen molar-refractivity contribution in [2.75, 3.05) is 19.3 Å². The fourth-order valence-electron chi connectivity index (χ4n) is 2.70. The van der Waals surface area contributed by atoms with Gasteiger partial charge in [0.25, 0.3) is 0 Å². The van der Waals surface area contributed by atoms with Crippen LogP contribution >= 0.6 is 0 Å². The lowest BCUT2D eigenvalue weighted by molar-refractivity contribution is 0.195. The van der Waals surface area contributed by atoms with E-state index in [1.54, 1.807) is 0 Å². The first-order chi connectivity index (χ1) is 9.49. The summed E-state index contributed by atoms with van der Waals surface area (Å²) in [6.45, 7) is 2.57. The van der Waals surface area contributed by atoms with Crippen LogP contribution in [-0.2, 0) is 16.6 Å². The van der Waals surface area contributed by atoms with Gasteiger partial charge in [-0.1, -0.05) is 5.16 Å². The van der Waals surface area contributed by atoms with Crippen LogP contribution in [0.2, 0.25) is 0 Å². The van der Waals surface area contributed by atoms with Gasteiger partial charge in [-0.05, 0) is 25.7 Å². The summed E-state index contributed by atoms with van der Waals surface area (Å²) in [4.78, 5) is 2.30. The Kier molecular flexibility index (Phi) is 3.83. The smallest absolute Gasteiger partial charge is 0.208 e. The average Bonchev–Trinajstić information content (AvgIpc) is 3.11. The van der Waals surface area contributed by atoms with Crippen LogP contribution in [0, 0.1) is 0 Å². The van der Waals surface area contributed by atoms with E-state index in [1.807, 2.05) is 0 Å². The Bertz CT molecular complexity index is 557. The third-order valence-corrected chi connectivity index (χ3v) is 4.67. The van der Waals surface area contributed by atoms with Crippen LogP contribution in [0.1, 0.15) is 43.1 Å². The molecule has 2 aliphatic rings. The van der Waals surface area contributed by atoms with Gasteiger partial charge in [-0.2, -0.15) is 0 Å². The number of sulfonamides is 1. The van der Waals surface area contributed by atoms with E-state index >= 15 is 0 Å². The molecular formula is C13H21N3O3S. The van der Waals surface area contributed by atoms with E-state index < -0.39 is 10.0 Å². The summed E-state index contributed by atoms with van der Waals surface area (Å²) in [7, 11) is -3.10. The molecule has 6 nitrogen and oxygen atoms in total. The van der Waals surface area contributed by atoms with Gasteiger partial charge in [-0.25, -0.2) is 13.1 Å². The van der Waals surface area contributed by atoms with E-state index in [0.717, 1.165) is 43.9 Å². The van der Waals surface area contributed by atoms with Gasteiger partial charge in [0.1, 0.15) is 5.76 Å². The molecule has 2 fully saturated rings. The molecule has 0 aromatic carbocycles. The molecule has 112 valence electrons. The highest BCUT2D eigenvalue weighted by Gasteiger charge is 2.28. The molecule has 1 N–H and O–H groups in total. The first kappa shape index (κ1) is 14.0. The van der Waals surface area contributed by atoms with E-state index in [2.05, 4.69) is 20.8 Å². The molecule has 2 heterocycles. The van der Waals surface area contributed by atoms with Crippen molar-refractivity contribution in [1.82, 2.24) is 14.8 Å². The molecular weight excluding hydrogens is 278 g/mol. The van der Waals surface area contributed by atoms with Crippen molar-refractivity contribution in [1.29, 1.82) is 0 Å². The number of nitrogens with one attached hydrogen (secondary N) is 1. The second-order valence-corrected chi connectivity index (χ2v) is 7.72. The first-order valence-corrected chi connectivity index (χ1v) is 9.04. The minimum atomic E-state index is -3.10. The highest BCUT2D eigenvalue weighted by molar-refractivity contribution is 7.88. The normalized spacial score (nSPS) is 22.2. The third kappa shape index (κ3) is 3.80. The number of rotatable bonds is 5. The number of hydrogen-bond acceptors (Lipinski definition) is 5. The molecule has 0 amide bonds. The molecule has 3 rings (SSSR count). The maximum absolute atomic E-state index is 11.2. The second kappa shape index (κ2) is 5.46. The van der Waals surface area contributed by atoms with Crippen LogP contribution < -0.4 is 4.72 Å². The van der Waals surface area contributed by atoms with Crippen LogP contribution in [0.5, 0.6) is 0 Å². The SMILES string of the molecule is CS(=O)(=O)NC1CCN(Cc2cc(C3CC3)on2)CC1.